The van der Waals surface area contributed by atoms with Gasteiger partial charge in [-0.1, -0.05) is 18.5 Å². The summed E-state index contributed by atoms with van der Waals surface area (Å²) in [5.74, 6) is 0.239. The minimum atomic E-state index is -3.64. The van der Waals surface area contributed by atoms with Crippen molar-refractivity contribution < 1.29 is 13.2 Å². The normalized spacial score (nSPS) is 19.7. The van der Waals surface area contributed by atoms with Crippen LogP contribution in [-0.4, -0.2) is 44.0 Å². The molecule has 0 radical (unpaired) electrons. The van der Waals surface area contributed by atoms with Crippen LogP contribution in [0.15, 0.2) is 21.6 Å². The molecule has 112 valence electrons. The lowest BCUT2D eigenvalue weighted by atomic mass is 10.1. The van der Waals surface area contributed by atoms with Gasteiger partial charge in [0.15, 0.2) is 0 Å². The molecule has 2 heterocycles. The van der Waals surface area contributed by atoms with Gasteiger partial charge in [-0.3, -0.25) is 0 Å². The van der Waals surface area contributed by atoms with E-state index in [9.17, 15) is 8.42 Å². The van der Waals surface area contributed by atoms with Crippen LogP contribution in [0.3, 0.4) is 0 Å². The molecule has 0 bridgehead atoms. The summed E-state index contributed by atoms with van der Waals surface area (Å²) in [6.45, 7) is 3.95. The molecule has 1 atom stereocenters. The summed E-state index contributed by atoms with van der Waals surface area (Å²) in [4.78, 5) is 3.92. The summed E-state index contributed by atoms with van der Waals surface area (Å²) < 4.78 is 32.6. The lowest BCUT2D eigenvalue weighted by Gasteiger charge is -2.23. The van der Waals surface area contributed by atoms with Gasteiger partial charge in [0.25, 0.3) is 0 Å². The molecule has 0 N–H and O–H groups in total. The first-order valence-electron chi connectivity index (χ1n) is 6.34. The topological polar surface area (TPSA) is 59.5 Å². The summed E-state index contributed by atoms with van der Waals surface area (Å²) >= 11 is 9.16. The Kier molecular flexibility index (Phi) is 5.42. The first-order valence-corrected chi connectivity index (χ1v) is 8.95. The highest BCUT2D eigenvalue weighted by molar-refractivity contribution is 9.10. The maximum Gasteiger partial charge on any atom is 0.246 e. The van der Waals surface area contributed by atoms with Gasteiger partial charge in [-0.15, -0.1) is 0 Å². The molecule has 1 unspecified atom stereocenters. The van der Waals surface area contributed by atoms with E-state index >= 15 is 0 Å². The molecule has 2 rings (SSSR count). The van der Waals surface area contributed by atoms with Gasteiger partial charge in [-0.2, -0.15) is 4.31 Å². The van der Waals surface area contributed by atoms with Crippen molar-refractivity contribution in [1.82, 2.24) is 9.29 Å². The number of hydrogen-bond acceptors (Lipinski definition) is 4. The van der Waals surface area contributed by atoms with Crippen LogP contribution in [0.4, 0.5) is 0 Å². The van der Waals surface area contributed by atoms with Gasteiger partial charge >= 0.3 is 0 Å². The number of pyridine rings is 1. The fourth-order valence-corrected chi connectivity index (χ4v) is 4.58. The molecule has 1 fully saturated rings. The highest BCUT2D eigenvalue weighted by atomic mass is 79.9. The van der Waals surface area contributed by atoms with Crippen molar-refractivity contribution >= 4 is 37.6 Å². The van der Waals surface area contributed by atoms with E-state index < -0.39 is 10.0 Å². The number of hydrogen-bond donors (Lipinski definition) is 0. The van der Waals surface area contributed by atoms with Crippen molar-refractivity contribution in [2.45, 2.75) is 18.2 Å². The van der Waals surface area contributed by atoms with Crippen LogP contribution in [0, 0.1) is 5.92 Å². The maximum atomic E-state index is 12.7. The van der Waals surface area contributed by atoms with Crippen LogP contribution < -0.4 is 0 Å². The molecule has 1 aromatic heterocycles. The van der Waals surface area contributed by atoms with E-state index in [1.54, 1.807) is 0 Å². The Morgan fingerprint density at radius 1 is 1.60 bits per heavy atom. The standard InChI is InChI=1S/C12H16BrClN2O3S/c1-2-16(7-9-3-4-19-8-9)20(17,18)11-5-10(13)6-15-12(11)14/h5-6,9H,2-4,7-8H2,1H3. The third-order valence-corrected chi connectivity index (χ3v) is 6.03. The molecule has 8 heteroatoms. The van der Waals surface area contributed by atoms with E-state index in [1.165, 1.54) is 16.6 Å². The second-order valence-corrected chi connectivity index (χ2v) is 7.81. The summed E-state index contributed by atoms with van der Waals surface area (Å²) in [7, 11) is -3.64. The van der Waals surface area contributed by atoms with Crippen molar-refractivity contribution in [3.05, 3.63) is 21.9 Å². The van der Waals surface area contributed by atoms with Gasteiger partial charge in [-0.05, 0) is 34.3 Å². The van der Waals surface area contributed by atoms with E-state index in [-0.39, 0.29) is 16.0 Å². The summed E-state index contributed by atoms with van der Waals surface area (Å²) in [6, 6.07) is 1.48. The monoisotopic (exact) mass is 382 g/mol. The van der Waals surface area contributed by atoms with E-state index in [0.29, 0.717) is 30.8 Å². The van der Waals surface area contributed by atoms with Gasteiger partial charge in [0.05, 0.1) is 6.61 Å². The number of ether oxygens (including phenoxy) is 1. The number of aromatic nitrogens is 1. The van der Waals surface area contributed by atoms with Gasteiger partial charge in [-0.25, -0.2) is 13.4 Å². The Morgan fingerprint density at radius 2 is 2.35 bits per heavy atom. The average Bonchev–Trinajstić information content (AvgIpc) is 2.91. The molecular weight excluding hydrogens is 368 g/mol. The lowest BCUT2D eigenvalue weighted by molar-refractivity contribution is 0.181. The third-order valence-electron chi connectivity index (χ3n) is 3.23. The number of nitrogens with zero attached hydrogens (tertiary/aromatic N) is 2. The first kappa shape index (κ1) is 16.2. The maximum absolute atomic E-state index is 12.7. The number of rotatable bonds is 5. The van der Waals surface area contributed by atoms with Crippen LogP contribution in [0.1, 0.15) is 13.3 Å². The Balaban J connectivity index is 2.28. The van der Waals surface area contributed by atoms with E-state index in [1.807, 2.05) is 6.92 Å². The molecule has 0 amide bonds. The van der Waals surface area contributed by atoms with Crippen LogP contribution in [-0.2, 0) is 14.8 Å². The Bertz CT molecular complexity index is 576. The SMILES string of the molecule is CCN(CC1CCOC1)S(=O)(=O)c1cc(Br)cnc1Cl. The predicted molar refractivity (Wildman–Crippen MR) is 80.3 cm³/mol. The molecule has 1 saturated heterocycles. The van der Waals surface area contributed by atoms with Gasteiger partial charge in [0.2, 0.25) is 10.0 Å². The van der Waals surface area contributed by atoms with Crippen LogP contribution in [0.5, 0.6) is 0 Å². The molecule has 5 nitrogen and oxygen atoms in total. The first-order chi connectivity index (χ1) is 9.45. The predicted octanol–water partition coefficient (Wildman–Crippen LogP) is 2.54. The Hall–Kier alpha value is -0.210. The van der Waals surface area contributed by atoms with Crippen LogP contribution in [0.2, 0.25) is 5.15 Å². The smallest absolute Gasteiger partial charge is 0.246 e. The van der Waals surface area contributed by atoms with E-state index in [2.05, 4.69) is 20.9 Å². The number of sulfonamides is 1. The third kappa shape index (κ3) is 3.51. The van der Waals surface area contributed by atoms with Gasteiger partial charge in [0, 0.05) is 30.4 Å². The van der Waals surface area contributed by atoms with Crippen molar-refractivity contribution in [2.75, 3.05) is 26.3 Å². The fraction of sp³-hybridized carbons (Fsp3) is 0.583. The summed E-state index contributed by atoms with van der Waals surface area (Å²) in [5, 5.41) is -0.00526. The number of halogens is 2. The van der Waals surface area contributed by atoms with Crippen molar-refractivity contribution in [3.63, 3.8) is 0 Å². The minimum Gasteiger partial charge on any atom is -0.381 e. The zero-order chi connectivity index (χ0) is 14.8. The quantitative estimate of drug-likeness (QED) is 0.733. The average molecular weight is 384 g/mol. The molecule has 0 saturated carbocycles. The molecule has 1 aliphatic rings. The highest BCUT2D eigenvalue weighted by Gasteiger charge is 2.29. The molecule has 20 heavy (non-hydrogen) atoms. The highest BCUT2D eigenvalue weighted by Crippen LogP contribution is 2.27. The van der Waals surface area contributed by atoms with Crippen LogP contribution >= 0.6 is 27.5 Å². The minimum absolute atomic E-state index is 0.00526. The van der Waals surface area contributed by atoms with Crippen molar-refractivity contribution in [3.8, 4) is 0 Å². The molecule has 0 spiro atoms. The van der Waals surface area contributed by atoms with Crippen molar-refractivity contribution in [1.29, 1.82) is 0 Å². The Morgan fingerprint density at radius 3 is 2.95 bits per heavy atom. The fourth-order valence-electron chi connectivity index (χ4n) is 2.14. The molecular formula is C12H16BrClN2O3S. The zero-order valence-corrected chi connectivity index (χ0v) is 14.2. The molecule has 1 aliphatic heterocycles. The van der Waals surface area contributed by atoms with E-state index in [4.69, 9.17) is 16.3 Å². The van der Waals surface area contributed by atoms with Gasteiger partial charge in [0.1, 0.15) is 10.0 Å². The largest absolute Gasteiger partial charge is 0.381 e. The van der Waals surface area contributed by atoms with Gasteiger partial charge < -0.3 is 4.74 Å². The van der Waals surface area contributed by atoms with Crippen LogP contribution in [0.25, 0.3) is 0 Å². The summed E-state index contributed by atoms with van der Waals surface area (Å²) in [6.07, 6.45) is 2.36. The lowest BCUT2D eigenvalue weighted by Crippen LogP contribution is -2.35. The zero-order valence-electron chi connectivity index (χ0n) is 11.1. The summed E-state index contributed by atoms with van der Waals surface area (Å²) in [5.41, 5.74) is 0. The van der Waals surface area contributed by atoms with E-state index in [0.717, 1.165) is 6.42 Å². The second-order valence-electron chi connectivity index (χ2n) is 4.63. The molecule has 0 aliphatic carbocycles. The Labute approximate surface area is 132 Å². The second kappa shape index (κ2) is 6.70. The molecule has 1 aromatic rings. The van der Waals surface area contributed by atoms with Crippen molar-refractivity contribution in [2.24, 2.45) is 5.92 Å². The molecule has 0 aromatic carbocycles.